The van der Waals surface area contributed by atoms with Gasteiger partial charge in [0.05, 0.1) is 44.2 Å². The lowest BCUT2D eigenvalue weighted by Crippen LogP contribution is -2.61. The van der Waals surface area contributed by atoms with Crippen molar-refractivity contribution in [1.82, 2.24) is 0 Å². The first kappa shape index (κ1) is 44.3. The fourth-order valence-electron chi connectivity index (χ4n) is 13.8. The normalized spacial score (nSPS) is 57.7. The van der Waals surface area contributed by atoms with Crippen LogP contribution in [-0.2, 0) is 37.9 Å². The smallest absolute Gasteiger partial charge is 0.187 e. The van der Waals surface area contributed by atoms with Crippen LogP contribution >= 0.6 is 0 Å². The molecule has 5 aliphatic heterocycles. The van der Waals surface area contributed by atoms with Crippen molar-refractivity contribution in [2.75, 3.05) is 26.4 Å². The van der Waals surface area contributed by atoms with E-state index in [0.717, 1.165) is 51.4 Å². The zero-order valence-electron chi connectivity index (χ0n) is 35.7. The highest BCUT2D eigenvalue weighted by molar-refractivity contribution is 5.26. The number of hydrogen-bond donors (Lipinski definition) is 8. The fraction of sp³-hybridized carbons (Fsp3) is 0.955. The molecule has 0 amide bonds. The molecule has 16 heteroatoms. The third kappa shape index (κ3) is 7.10. The molecule has 3 saturated carbocycles. The molecule has 16 nitrogen and oxygen atoms in total. The van der Waals surface area contributed by atoms with E-state index in [9.17, 15) is 40.9 Å². The lowest BCUT2D eigenvalue weighted by molar-refractivity contribution is -0.336. The molecule has 0 aromatic heterocycles. The van der Waals surface area contributed by atoms with E-state index in [1.165, 1.54) is 19.4 Å². The number of aliphatic hydroxyl groups excluding tert-OH is 7. The van der Waals surface area contributed by atoms with Crippen LogP contribution in [0, 0.1) is 46.3 Å². The van der Waals surface area contributed by atoms with Crippen molar-refractivity contribution in [2.45, 2.75) is 190 Å². The summed E-state index contributed by atoms with van der Waals surface area (Å²) in [5.74, 6) is 2.05. The number of ether oxygens (including phenoxy) is 8. The quantitative estimate of drug-likeness (QED) is 0.158. The van der Waals surface area contributed by atoms with Gasteiger partial charge < -0.3 is 78.7 Å². The number of allylic oxidation sites excluding steroid dienone is 1. The molecule has 0 unspecified atom stereocenters. The third-order valence-electron chi connectivity index (χ3n) is 17.4. The predicted octanol–water partition coefficient (Wildman–Crippen LogP) is 0.855. The molecule has 8 fully saturated rings. The van der Waals surface area contributed by atoms with E-state index in [4.69, 9.17) is 37.9 Å². The molecule has 0 bridgehead atoms. The third-order valence-corrected chi connectivity index (χ3v) is 17.4. The van der Waals surface area contributed by atoms with E-state index < -0.39 is 91.8 Å². The van der Waals surface area contributed by atoms with Crippen LogP contribution in [0.1, 0.15) is 92.4 Å². The van der Waals surface area contributed by atoms with Gasteiger partial charge in [0.2, 0.25) is 0 Å². The molecule has 0 aromatic rings. The van der Waals surface area contributed by atoms with E-state index >= 15 is 0 Å². The Labute approximate surface area is 352 Å². The highest BCUT2D eigenvalue weighted by Crippen LogP contribution is 2.70. The molecule has 24 atom stereocenters. The summed E-state index contributed by atoms with van der Waals surface area (Å²) >= 11 is 0. The second-order valence-corrected chi connectivity index (χ2v) is 20.7. The molecule has 5 saturated heterocycles. The summed E-state index contributed by atoms with van der Waals surface area (Å²) in [5, 5.41) is 84.7. The second-order valence-electron chi connectivity index (χ2n) is 20.7. The summed E-state index contributed by atoms with van der Waals surface area (Å²) < 4.78 is 49.6. The first-order valence-electron chi connectivity index (χ1n) is 22.7. The van der Waals surface area contributed by atoms with Crippen molar-refractivity contribution in [3.05, 3.63) is 11.6 Å². The predicted molar refractivity (Wildman–Crippen MR) is 208 cm³/mol. The number of aliphatic hydroxyl groups is 8. The Balaban J connectivity index is 0.887. The summed E-state index contributed by atoms with van der Waals surface area (Å²) in [6.45, 7) is 10.2. The van der Waals surface area contributed by atoms with Gasteiger partial charge in [-0.3, -0.25) is 0 Å². The Hall–Kier alpha value is -0.900. The summed E-state index contributed by atoms with van der Waals surface area (Å²) in [7, 11) is 0. The number of rotatable bonds is 8. The average molecular weight is 855 g/mol. The van der Waals surface area contributed by atoms with Gasteiger partial charge in [0.1, 0.15) is 48.3 Å². The van der Waals surface area contributed by atoms with Crippen molar-refractivity contribution in [3.63, 3.8) is 0 Å². The maximum Gasteiger partial charge on any atom is 0.187 e. The molecule has 0 radical (unpaired) electrons. The van der Waals surface area contributed by atoms with Crippen LogP contribution in [-0.4, -0.2) is 165 Å². The molecule has 0 aromatic carbocycles. The highest BCUT2D eigenvalue weighted by Gasteiger charge is 2.69. The summed E-state index contributed by atoms with van der Waals surface area (Å²) in [4.78, 5) is 0. The molecular weight excluding hydrogens is 784 g/mol. The molecule has 5 heterocycles. The summed E-state index contributed by atoms with van der Waals surface area (Å²) in [5.41, 5.74) is -0.383. The lowest BCUT2D eigenvalue weighted by Gasteiger charge is -2.58. The monoisotopic (exact) mass is 854 g/mol. The van der Waals surface area contributed by atoms with Crippen LogP contribution in [0.15, 0.2) is 11.6 Å². The molecule has 60 heavy (non-hydrogen) atoms. The maximum absolute atomic E-state index is 12.1. The Kier molecular flexibility index (Phi) is 12.0. The topological polar surface area (TPSA) is 236 Å². The van der Waals surface area contributed by atoms with Gasteiger partial charge in [0.25, 0.3) is 0 Å². The van der Waals surface area contributed by atoms with Gasteiger partial charge in [0.15, 0.2) is 24.7 Å². The fourth-order valence-corrected chi connectivity index (χ4v) is 13.8. The van der Waals surface area contributed by atoms with Gasteiger partial charge in [-0.25, -0.2) is 0 Å². The molecule has 8 N–H and O–H groups in total. The van der Waals surface area contributed by atoms with Gasteiger partial charge in [0, 0.05) is 24.9 Å². The molecular formula is C44H70O16. The van der Waals surface area contributed by atoms with Gasteiger partial charge >= 0.3 is 0 Å². The largest absolute Gasteiger partial charge is 0.396 e. The van der Waals surface area contributed by atoms with E-state index in [1.54, 1.807) is 0 Å². The maximum atomic E-state index is 12.1. The summed E-state index contributed by atoms with van der Waals surface area (Å²) in [6, 6.07) is 0. The van der Waals surface area contributed by atoms with Crippen molar-refractivity contribution < 1.29 is 78.7 Å². The van der Waals surface area contributed by atoms with Crippen LogP contribution < -0.4 is 0 Å². The number of fused-ring (bicyclic) bond motifs is 7. The molecule has 342 valence electrons. The van der Waals surface area contributed by atoms with E-state index in [2.05, 4.69) is 26.8 Å². The van der Waals surface area contributed by atoms with Gasteiger partial charge in [-0.1, -0.05) is 32.4 Å². The highest BCUT2D eigenvalue weighted by atomic mass is 16.8. The zero-order chi connectivity index (χ0) is 42.7. The van der Waals surface area contributed by atoms with E-state index in [1.807, 2.05) is 0 Å². The second kappa shape index (κ2) is 16.2. The summed E-state index contributed by atoms with van der Waals surface area (Å²) in [6.07, 6.45) is -5.37. The minimum Gasteiger partial charge on any atom is -0.396 e. The first-order chi connectivity index (χ1) is 28.4. The van der Waals surface area contributed by atoms with Gasteiger partial charge in [-0.15, -0.1) is 0 Å². The van der Waals surface area contributed by atoms with Crippen molar-refractivity contribution >= 4 is 0 Å². The van der Waals surface area contributed by atoms with E-state index in [0.29, 0.717) is 42.6 Å². The van der Waals surface area contributed by atoms with Crippen LogP contribution in [0.4, 0.5) is 0 Å². The van der Waals surface area contributed by atoms with Gasteiger partial charge in [-0.05, 0) is 99.7 Å². The SMILES string of the molecule is C[C@@H]1O[C@@H](OC[C@@]2(O)CO[C@@H](O[C@H]3CC[C@@]4(C)C(=CC[C@H]5[C@@H]6C[C@@H]7O[C@]8(CC[C@@H](CO)CO8)[C@@H](C)[C@@H]7[C@@]6(C)CC[C@@H]54)C3)[C@@H]2O[C@@H]2O[C@@H](C)[C@H](O)[C@@H](O)[C@H]2O)[C@H](O)[C@H](O)[C@H]1O. The van der Waals surface area contributed by atoms with Crippen LogP contribution in [0.25, 0.3) is 0 Å². The van der Waals surface area contributed by atoms with Crippen molar-refractivity contribution in [3.8, 4) is 0 Å². The minimum atomic E-state index is -1.94. The molecule has 1 spiro atoms. The number of hydrogen-bond acceptors (Lipinski definition) is 16. The lowest BCUT2D eigenvalue weighted by atomic mass is 9.47. The first-order valence-corrected chi connectivity index (χ1v) is 22.7. The van der Waals surface area contributed by atoms with E-state index in [-0.39, 0.29) is 42.2 Å². The van der Waals surface area contributed by atoms with Crippen LogP contribution in [0.3, 0.4) is 0 Å². The van der Waals surface area contributed by atoms with Crippen molar-refractivity contribution in [2.24, 2.45) is 46.3 Å². The minimum absolute atomic E-state index is 0.00553. The zero-order valence-corrected chi connectivity index (χ0v) is 35.7. The Morgan fingerprint density at radius 1 is 0.783 bits per heavy atom. The molecule has 4 aliphatic carbocycles. The average Bonchev–Trinajstić information content (AvgIpc) is 3.80. The Bertz CT molecular complexity index is 1580. The Morgan fingerprint density at radius 3 is 2.17 bits per heavy atom. The Morgan fingerprint density at radius 2 is 1.48 bits per heavy atom. The van der Waals surface area contributed by atoms with Crippen LogP contribution in [0.5, 0.6) is 0 Å². The standard InChI is InChI=1S/C44H70O16/c1-20-30-29(60-44(20)13-8-23(16-45)17-55-44)15-28-26-7-6-24-14-25(9-11-41(24,4)27(26)10-12-42(28,30)5)58-40-37(59-39-36(51)34(49)32(47)22(3)57-39)43(52,19-54-40)18-53-38-35(50)33(48)31(46)21(2)56-38/h6,20-23,25-40,45-52H,7-19H2,1-5H3/t20-,21-,22-,23-,25-,26+,27-,28-,29-,30-,31-,32-,33+,34+,35+,36+,37-,38+,39-,40-,41-,42-,43+,44+/m0/s1. The molecule has 9 aliphatic rings. The van der Waals surface area contributed by atoms with Crippen molar-refractivity contribution in [1.29, 1.82) is 0 Å². The van der Waals surface area contributed by atoms with Crippen LogP contribution in [0.2, 0.25) is 0 Å². The van der Waals surface area contributed by atoms with Gasteiger partial charge in [-0.2, -0.15) is 0 Å². The molecule has 9 rings (SSSR count).